The lowest BCUT2D eigenvalue weighted by Crippen LogP contribution is -1.95. The molecule has 0 amide bonds. The van der Waals surface area contributed by atoms with Crippen molar-refractivity contribution in [2.75, 3.05) is 0 Å². The van der Waals surface area contributed by atoms with Crippen molar-refractivity contribution in [3.05, 3.63) is 70.2 Å². The zero-order valence-corrected chi connectivity index (χ0v) is 11.2. The van der Waals surface area contributed by atoms with Crippen LogP contribution in [0.2, 0.25) is 5.02 Å². The van der Waals surface area contributed by atoms with Crippen molar-refractivity contribution >= 4 is 27.5 Å². The van der Waals surface area contributed by atoms with Gasteiger partial charge in [-0.2, -0.15) is 5.26 Å². The number of benzene rings is 2. The topological polar surface area (TPSA) is 23.8 Å². The van der Waals surface area contributed by atoms with Crippen LogP contribution in [-0.2, 0) is 0 Å². The predicted molar refractivity (Wildman–Crippen MR) is 73.4 cm³/mol. The highest BCUT2D eigenvalue weighted by molar-refractivity contribution is 9.09. The molecule has 1 unspecified atom stereocenters. The van der Waals surface area contributed by atoms with E-state index in [1.807, 2.05) is 48.5 Å². The zero-order valence-electron chi connectivity index (χ0n) is 8.90. The van der Waals surface area contributed by atoms with E-state index in [-0.39, 0.29) is 4.83 Å². The molecule has 0 aromatic heterocycles. The molecule has 0 aliphatic carbocycles. The van der Waals surface area contributed by atoms with E-state index in [1.54, 1.807) is 0 Å². The third-order valence-corrected chi connectivity index (χ3v) is 3.79. The highest BCUT2D eigenvalue weighted by atomic mass is 79.9. The van der Waals surface area contributed by atoms with Crippen molar-refractivity contribution in [1.82, 2.24) is 0 Å². The molecule has 3 heteroatoms. The molecule has 2 aromatic carbocycles. The maximum Gasteiger partial charge on any atom is 0.0995 e. The molecule has 0 bridgehead atoms. The largest absolute Gasteiger partial charge is 0.192 e. The fourth-order valence-corrected chi connectivity index (χ4v) is 2.46. The molecule has 0 saturated carbocycles. The average molecular weight is 307 g/mol. The molecule has 0 fully saturated rings. The summed E-state index contributed by atoms with van der Waals surface area (Å²) in [6.07, 6.45) is 0. The van der Waals surface area contributed by atoms with Gasteiger partial charge in [-0.05, 0) is 29.3 Å². The second-order valence-corrected chi connectivity index (χ2v) is 4.97. The van der Waals surface area contributed by atoms with Crippen LogP contribution in [-0.4, -0.2) is 0 Å². The van der Waals surface area contributed by atoms with E-state index < -0.39 is 0 Å². The molecule has 2 rings (SSSR count). The van der Waals surface area contributed by atoms with Crippen LogP contribution in [0.3, 0.4) is 0 Å². The molecular weight excluding hydrogens is 298 g/mol. The number of halogens is 2. The molecule has 0 spiro atoms. The van der Waals surface area contributed by atoms with Crippen molar-refractivity contribution in [1.29, 1.82) is 5.26 Å². The Labute approximate surface area is 114 Å². The van der Waals surface area contributed by atoms with E-state index in [0.29, 0.717) is 10.6 Å². The molecule has 2 aromatic rings. The van der Waals surface area contributed by atoms with E-state index in [1.165, 1.54) is 0 Å². The first-order valence-electron chi connectivity index (χ1n) is 5.11. The maximum atomic E-state index is 9.07. The van der Waals surface area contributed by atoms with Gasteiger partial charge in [-0.1, -0.05) is 57.9 Å². The van der Waals surface area contributed by atoms with Crippen molar-refractivity contribution in [2.24, 2.45) is 0 Å². The van der Waals surface area contributed by atoms with Gasteiger partial charge in [0.2, 0.25) is 0 Å². The third kappa shape index (κ3) is 2.69. The van der Waals surface area contributed by atoms with Gasteiger partial charge in [0.1, 0.15) is 0 Å². The lowest BCUT2D eigenvalue weighted by Gasteiger charge is -2.12. The van der Waals surface area contributed by atoms with Crippen LogP contribution in [0.4, 0.5) is 0 Å². The SMILES string of the molecule is N#Cc1ccccc1C(Br)c1ccc(Cl)cc1. The molecule has 1 nitrogen and oxygen atoms in total. The summed E-state index contributed by atoms with van der Waals surface area (Å²) in [5.41, 5.74) is 2.73. The van der Waals surface area contributed by atoms with Gasteiger partial charge in [-0.15, -0.1) is 0 Å². The molecule has 0 heterocycles. The minimum atomic E-state index is 0.00983. The van der Waals surface area contributed by atoms with Gasteiger partial charge in [-0.3, -0.25) is 0 Å². The Bertz CT molecular complexity index is 557. The van der Waals surface area contributed by atoms with Crippen molar-refractivity contribution in [3.63, 3.8) is 0 Å². The minimum Gasteiger partial charge on any atom is -0.192 e. The first-order valence-corrected chi connectivity index (χ1v) is 6.40. The minimum absolute atomic E-state index is 0.00983. The van der Waals surface area contributed by atoms with Crippen LogP contribution >= 0.6 is 27.5 Å². The number of rotatable bonds is 2. The monoisotopic (exact) mass is 305 g/mol. The number of alkyl halides is 1. The second kappa shape index (κ2) is 5.35. The van der Waals surface area contributed by atoms with Crippen LogP contribution in [0.1, 0.15) is 21.5 Å². The van der Waals surface area contributed by atoms with Crippen molar-refractivity contribution in [2.45, 2.75) is 4.83 Å². The normalized spacial score (nSPS) is 11.8. The van der Waals surface area contributed by atoms with Gasteiger partial charge >= 0.3 is 0 Å². The van der Waals surface area contributed by atoms with Crippen LogP contribution in [0.5, 0.6) is 0 Å². The highest BCUT2D eigenvalue weighted by Crippen LogP contribution is 2.33. The first kappa shape index (κ1) is 12.2. The lowest BCUT2D eigenvalue weighted by atomic mass is 10.0. The Morgan fingerprint density at radius 3 is 2.35 bits per heavy atom. The quantitative estimate of drug-likeness (QED) is 0.738. The second-order valence-electron chi connectivity index (χ2n) is 3.61. The van der Waals surface area contributed by atoms with Crippen LogP contribution in [0, 0.1) is 11.3 Å². The maximum absolute atomic E-state index is 9.07. The summed E-state index contributed by atoms with van der Waals surface area (Å²) in [7, 11) is 0. The van der Waals surface area contributed by atoms with Gasteiger partial charge < -0.3 is 0 Å². The smallest absolute Gasteiger partial charge is 0.0995 e. The molecule has 84 valence electrons. The Kier molecular flexibility index (Phi) is 3.83. The molecule has 0 saturated heterocycles. The fraction of sp³-hybridized carbons (Fsp3) is 0.0714. The van der Waals surface area contributed by atoms with E-state index in [2.05, 4.69) is 22.0 Å². The molecule has 0 N–H and O–H groups in total. The molecule has 1 atom stereocenters. The Hall–Kier alpha value is -1.30. The van der Waals surface area contributed by atoms with Gasteiger partial charge in [-0.25, -0.2) is 0 Å². The van der Waals surface area contributed by atoms with Gasteiger partial charge in [0.05, 0.1) is 16.5 Å². The Morgan fingerprint density at radius 1 is 1.06 bits per heavy atom. The summed E-state index contributed by atoms with van der Waals surface area (Å²) in [5, 5.41) is 9.78. The molecular formula is C14H9BrClN. The number of nitriles is 1. The third-order valence-electron chi connectivity index (χ3n) is 2.52. The summed E-state index contributed by atoms with van der Waals surface area (Å²) >= 11 is 9.47. The zero-order chi connectivity index (χ0) is 12.3. The number of nitrogens with zero attached hydrogens (tertiary/aromatic N) is 1. The van der Waals surface area contributed by atoms with E-state index in [0.717, 1.165) is 11.1 Å². The lowest BCUT2D eigenvalue weighted by molar-refractivity contribution is 1.16. The molecule has 0 aliphatic heterocycles. The van der Waals surface area contributed by atoms with Gasteiger partial charge in [0.15, 0.2) is 0 Å². The molecule has 0 aliphatic rings. The summed E-state index contributed by atoms with van der Waals surface area (Å²) in [6, 6.07) is 17.4. The van der Waals surface area contributed by atoms with E-state index in [9.17, 15) is 0 Å². The number of hydrogen-bond acceptors (Lipinski definition) is 1. The summed E-state index contributed by atoms with van der Waals surface area (Å²) in [4.78, 5) is 0.00983. The highest BCUT2D eigenvalue weighted by Gasteiger charge is 2.13. The summed E-state index contributed by atoms with van der Waals surface area (Å²) in [5.74, 6) is 0. The van der Waals surface area contributed by atoms with Crippen LogP contribution < -0.4 is 0 Å². The Balaban J connectivity index is 2.40. The van der Waals surface area contributed by atoms with Gasteiger partial charge in [0, 0.05) is 5.02 Å². The van der Waals surface area contributed by atoms with Crippen molar-refractivity contribution in [3.8, 4) is 6.07 Å². The molecule has 0 radical (unpaired) electrons. The van der Waals surface area contributed by atoms with E-state index in [4.69, 9.17) is 16.9 Å². The fourth-order valence-electron chi connectivity index (χ4n) is 1.63. The number of hydrogen-bond donors (Lipinski definition) is 0. The predicted octanol–water partition coefficient (Wildman–Crippen LogP) is 4.70. The first-order chi connectivity index (χ1) is 8.22. The summed E-state index contributed by atoms with van der Waals surface area (Å²) < 4.78 is 0. The van der Waals surface area contributed by atoms with E-state index >= 15 is 0 Å². The summed E-state index contributed by atoms with van der Waals surface area (Å²) in [6.45, 7) is 0. The van der Waals surface area contributed by atoms with Crippen LogP contribution in [0.15, 0.2) is 48.5 Å². The van der Waals surface area contributed by atoms with Crippen molar-refractivity contribution < 1.29 is 0 Å². The van der Waals surface area contributed by atoms with Gasteiger partial charge in [0.25, 0.3) is 0 Å². The average Bonchev–Trinajstić information content (AvgIpc) is 2.39. The Morgan fingerprint density at radius 2 is 1.71 bits per heavy atom. The standard InChI is InChI=1S/C14H9BrClN/c15-14(10-5-7-12(16)8-6-10)13-4-2-1-3-11(13)9-17/h1-8,14H. The molecule has 17 heavy (non-hydrogen) atoms. The van der Waals surface area contributed by atoms with Crippen LogP contribution in [0.25, 0.3) is 0 Å².